The van der Waals surface area contributed by atoms with Gasteiger partial charge in [0.05, 0.1) is 18.9 Å². The number of furan rings is 1. The minimum atomic E-state index is -0.219. The molecule has 2 rings (SSSR count). The second kappa shape index (κ2) is 5.38. The summed E-state index contributed by atoms with van der Waals surface area (Å²) in [6.07, 6.45) is 1.62. The smallest absolute Gasteiger partial charge is 0.174 e. The maximum atomic E-state index is 6.18. The normalized spacial score (nSPS) is 12.4. The molecule has 1 aromatic heterocycles. The molecule has 3 nitrogen and oxygen atoms in total. The zero-order valence-electron chi connectivity index (χ0n) is 9.52. The van der Waals surface area contributed by atoms with Gasteiger partial charge in [-0.3, -0.25) is 0 Å². The predicted molar refractivity (Wildman–Crippen MR) is 70.0 cm³/mol. The highest BCUT2D eigenvalue weighted by Crippen LogP contribution is 2.29. The summed E-state index contributed by atoms with van der Waals surface area (Å²) >= 11 is 3.34. The zero-order chi connectivity index (χ0) is 12.3. The van der Waals surface area contributed by atoms with Gasteiger partial charge in [-0.25, -0.2) is 0 Å². The second-order valence-corrected chi connectivity index (χ2v) is 4.35. The lowest BCUT2D eigenvalue weighted by Crippen LogP contribution is -2.11. The molecule has 0 bridgehead atoms. The van der Waals surface area contributed by atoms with Gasteiger partial charge < -0.3 is 14.9 Å². The van der Waals surface area contributed by atoms with Gasteiger partial charge in [0, 0.05) is 5.56 Å². The van der Waals surface area contributed by atoms with Crippen LogP contribution in [-0.4, -0.2) is 6.61 Å². The fourth-order valence-corrected chi connectivity index (χ4v) is 2.16. The van der Waals surface area contributed by atoms with Crippen LogP contribution in [0.4, 0.5) is 0 Å². The minimum Gasteiger partial charge on any atom is -0.494 e. The van der Waals surface area contributed by atoms with Crippen molar-refractivity contribution in [1.82, 2.24) is 0 Å². The zero-order valence-corrected chi connectivity index (χ0v) is 11.1. The molecule has 2 N–H and O–H groups in total. The Hall–Kier alpha value is -1.26. The summed E-state index contributed by atoms with van der Waals surface area (Å²) in [6.45, 7) is 2.60. The molecule has 2 aromatic rings. The van der Waals surface area contributed by atoms with Gasteiger partial charge in [-0.15, -0.1) is 0 Å². The van der Waals surface area contributed by atoms with Crippen LogP contribution in [0, 0.1) is 0 Å². The van der Waals surface area contributed by atoms with Crippen LogP contribution in [-0.2, 0) is 0 Å². The second-order valence-electron chi connectivity index (χ2n) is 3.63. The van der Waals surface area contributed by atoms with Crippen LogP contribution < -0.4 is 10.5 Å². The number of rotatable bonds is 4. The highest BCUT2D eigenvalue weighted by atomic mass is 79.9. The summed E-state index contributed by atoms with van der Waals surface area (Å²) in [4.78, 5) is 0. The Kier molecular flexibility index (Phi) is 3.86. The van der Waals surface area contributed by atoms with E-state index in [9.17, 15) is 0 Å². The lowest BCUT2D eigenvalue weighted by Gasteiger charge is -2.12. The third kappa shape index (κ3) is 2.70. The lowest BCUT2D eigenvalue weighted by molar-refractivity contribution is 0.340. The van der Waals surface area contributed by atoms with Crippen LogP contribution in [0.15, 0.2) is 45.7 Å². The molecule has 0 aliphatic rings. The van der Waals surface area contributed by atoms with Crippen LogP contribution in [0.1, 0.15) is 24.1 Å². The van der Waals surface area contributed by atoms with E-state index in [1.165, 1.54) is 0 Å². The highest BCUT2D eigenvalue weighted by molar-refractivity contribution is 9.10. The Morgan fingerprint density at radius 3 is 2.88 bits per heavy atom. The molecule has 0 saturated carbocycles. The van der Waals surface area contributed by atoms with Crippen molar-refractivity contribution < 1.29 is 9.15 Å². The molecule has 1 unspecified atom stereocenters. The van der Waals surface area contributed by atoms with E-state index in [4.69, 9.17) is 14.9 Å². The molecule has 1 aromatic carbocycles. The summed E-state index contributed by atoms with van der Waals surface area (Å²) < 4.78 is 11.3. The molecule has 0 fully saturated rings. The first kappa shape index (κ1) is 12.2. The minimum absolute atomic E-state index is 0.219. The van der Waals surface area contributed by atoms with Crippen LogP contribution >= 0.6 is 15.9 Å². The summed E-state index contributed by atoms with van der Waals surface area (Å²) in [5, 5.41) is 0. The first-order valence-electron chi connectivity index (χ1n) is 5.43. The van der Waals surface area contributed by atoms with Crippen LogP contribution in [0.3, 0.4) is 0 Å². The number of ether oxygens (including phenoxy) is 1. The van der Waals surface area contributed by atoms with Crippen molar-refractivity contribution >= 4 is 15.9 Å². The SMILES string of the molecule is CCOc1cccc(C(N)c2ccoc2Br)c1. The molecule has 0 spiro atoms. The molecule has 0 radical (unpaired) electrons. The fraction of sp³-hybridized carbons (Fsp3) is 0.231. The standard InChI is InChI=1S/C13H14BrNO2/c1-2-16-10-5-3-4-9(8-10)12(15)11-6-7-17-13(11)14/h3-8,12H,2,15H2,1H3. The van der Waals surface area contributed by atoms with Gasteiger partial charge in [-0.2, -0.15) is 0 Å². The Morgan fingerprint density at radius 1 is 1.41 bits per heavy atom. The third-order valence-corrected chi connectivity index (χ3v) is 3.15. The van der Waals surface area contributed by atoms with E-state index in [0.717, 1.165) is 16.9 Å². The maximum Gasteiger partial charge on any atom is 0.174 e. The first-order valence-corrected chi connectivity index (χ1v) is 6.23. The average Bonchev–Trinajstić information content (AvgIpc) is 2.75. The molecule has 0 saturated heterocycles. The van der Waals surface area contributed by atoms with Gasteiger partial charge in [-0.1, -0.05) is 12.1 Å². The van der Waals surface area contributed by atoms with Crippen molar-refractivity contribution in [3.05, 3.63) is 52.4 Å². The summed E-state index contributed by atoms with van der Waals surface area (Å²) in [5.41, 5.74) is 8.11. The summed E-state index contributed by atoms with van der Waals surface area (Å²) in [6, 6.07) is 9.43. The first-order chi connectivity index (χ1) is 8.22. The molecule has 1 atom stereocenters. The monoisotopic (exact) mass is 295 g/mol. The highest BCUT2D eigenvalue weighted by Gasteiger charge is 2.14. The van der Waals surface area contributed by atoms with Gasteiger partial charge >= 0.3 is 0 Å². The number of benzene rings is 1. The number of hydrogen-bond donors (Lipinski definition) is 1. The van der Waals surface area contributed by atoms with E-state index in [0.29, 0.717) is 11.3 Å². The van der Waals surface area contributed by atoms with Gasteiger partial charge in [0.15, 0.2) is 4.67 Å². The Morgan fingerprint density at radius 2 is 2.24 bits per heavy atom. The van der Waals surface area contributed by atoms with E-state index in [-0.39, 0.29) is 6.04 Å². The van der Waals surface area contributed by atoms with Crippen LogP contribution in [0.2, 0.25) is 0 Å². The topological polar surface area (TPSA) is 48.4 Å². The number of halogens is 1. The van der Waals surface area contributed by atoms with Gasteiger partial charge in [-0.05, 0) is 46.6 Å². The summed E-state index contributed by atoms with van der Waals surface area (Å²) in [5.74, 6) is 0.833. The predicted octanol–water partition coefficient (Wildman–Crippen LogP) is 3.49. The molecule has 0 amide bonds. The van der Waals surface area contributed by atoms with E-state index < -0.39 is 0 Å². The molecule has 17 heavy (non-hydrogen) atoms. The Balaban J connectivity index is 2.28. The van der Waals surface area contributed by atoms with Crippen molar-refractivity contribution in [3.8, 4) is 5.75 Å². The molecule has 0 aliphatic carbocycles. The van der Waals surface area contributed by atoms with Crippen LogP contribution in [0.5, 0.6) is 5.75 Å². The molecule has 0 aliphatic heterocycles. The maximum absolute atomic E-state index is 6.18. The Bertz CT molecular complexity index is 496. The molecule has 1 heterocycles. The largest absolute Gasteiger partial charge is 0.494 e. The molecule has 4 heteroatoms. The third-order valence-electron chi connectivity index (χ3n) is 2.51. The van der Waals surface area contributed by atoms with E-state index >= 15 is 0 Å². The average molecular weight is 296 g/mol. The lowest BCUT2D eigenvalue weighted by atomic mass is 10.0. The van der Waals surface area contributed by atoms with E-state index in [1.54, 1.807) is 6.26 Å². The molecule has 90 valence electrons. The van der Waals surface area contributed by atoms with Crippen LogP contribution in [0.25, 0.3) is 0 Å². The Labute approximate surface area is 109 Å². The number of hydrogen-bond acceptors (Lipinski definition) is 3. The van der Waals surface area contributed by atoms with E-state index in [2.05, 4.69) is 15.9 Å². The molecular formula is C13H14BrNO2. The van der Waals surface area contributed by atoms with Gasteiger partial charge in [0.1, 0.15) is 5.75 Å². The fourth-order valence-electron chi connectivity index (χ4n) is 1.67. The van der Waals surface area contributed by atoms with Gasteiger partial charge in [0.2, 0.25) is 0 Å². The summed E-state index contributed by atoms with van der Waals surface area (Å²) in [7, 11) is 0. The number of nitrogens with two attached hydrogens (primary N) is 1. The van der Waals surface area contributed by atoms with Gasteiger partial charge in [0.25, 0.3) is 0 Å². The van der Waals surface area contributed by atoms with Crippen molar-refractivity contribution in [1.29, 1.82) is 0 Å². The van der Waals surface area contributed by atoms with Crippen molar-refractivity contribution in [3.63, 3.8) is 0 Å². The molecular weight excluding hydrogens is 282 g/mol. The quantitative estimate of drug-likeness (QED) is 0.939. The van der Waals surface area contributed by atoms with Crippen molar-refractivity contribution in [2.45, 2.75) is 13.0 Å². The van der Waals surface area contributed by atoms with E-state index in [1.807, 2.05) is 37.3 Å². The van der Waals surface area contributed by atoms with Crippen molar-refractivity contribution in [2.75, 3.05) is 6.61 Å². The van der Waals surface area contributed by atoms with Crippen molar-refractivity contribution in [2.24, 2.45) is 5.73 Å².